The highest BCUT2D eigenvalue weighted by atomic mass is 19.1. The van der Waals surface area contributed by atoms with Gasteiger partial charge in [0.05, 0.1) is 5.52 Å². The van der Waals surface area contributed by atoms with E-state index in [2.05, 4.69) is 9.97 Å². The maximum atomic E-state index is 13.7. The summed E-state index contributed by atoms with van der Waals surface area (Å²) in [5.41, 5.74) is 1.31. The van der Waals surface area contributed by atoms with Crippen molar-refractivity contribution in [2.45, 2.75) is 6.10 Å². The second-order valence-corrected chi connectivity index (χ2v) is 4.20. The average Bonchev–Trinajstić information content (AvgIpc) is 3.00. The van der Waals surface area contributed by atoms with Crippen LogP contribution in [-0.2, 0) is 7.05 Å². The van der Waals surface area contributed by atoms with Crippen LogP contribution >= 0.6 is 0 Å². The molecule has 0 saturated heterocycles. The van der Waals surface area contributed by atoms with E-state index in [0.29, 0.717) is 22.3 Å². The van der Waals surface area contributed by atoms with Crippen LogP contribution in [0.15, 0.2) is 36.8 Å². The van der Waals surface area contributed by atoms with Crippen LogP contribution in [-0.4, -0.2) is 19.6 Å². The molecule has 0 amide bonds. The fraction of sp³-hybridized carbons (Fsp3) is 0.154. The molecule has 3 rings (SSSR count). The molecule has 3 aromatic rings. The molecule has 0 spiro atoms. The maximum absolute atomic E-state index is 13.7. The van der Waals surface area contributed by atoms with Crippen LogP contribution in [0.3, 0.4) is 0 Å². The number of benzene rings is 1. The number of aliphatic hydroxyl groups excluding tert-OH is 1. The van der Waals surface area contributed by atoms with Gasteiger partial charge < -0.3 is 14.7 Å². The summed E-state index contributed by atoms with van der Waals surface area (Å²) in [5.74, 6) is 0.158. The molecule has 0 bridgehead atoms. The molecule has 0 unspecified atom stereocenters. The van der Waals surface area contributed by atoms with Crippen LogP contribution in [0, 0.1) is 5.82 Å². The molecule has 1 aromatic carbocycles. The van der Waals surface area contributed by atoms with Crippen molar-refractivity contribution in [1.82, 2.24) is 14.5 Å². The van der Waals surface area contributed by atoms with Gasteiger partial charge in [0.1, 0.15) is 17.7 Å². The van der Waals surface area contributed by atoms with E-state index in [9.17, 15) is 9.50 Å². The number of nitrogens with one attached hydrogen (secondary N) is 1. The zero-order valence-corrected chi connectivity index (χ0v) is 9.76. The molecule has 2 N–H and O–H groups in total. The van der Waals surface area contributed by atoms with Crippen molar-refractivity contribution in [3.8, 4) is 0 Å². The summed E-state index contributed by atoms with van der Waals surface area (Å²) in [6, 6.07) is 4.65. The van der Waals surface area contributed by atoms with Gasteiger partial charge in [-0.3, -0.25) is 0 Å². The third-order valence-corrected chi connectivity index (χ3v) is 3.09. The van der Waals surface area contributed by atoms with Crippen LogP contribution in [0.5, 0.6) is 0 Å². The van der Waals surface area contributed by atoms with Crippen molar-refractivity contribution in [2.24, 2.45) is 7.05 Å². The van der Waals surface area contributed by atoms with E-state index in [0.717, 1.165) is 0 Å². The third-order valence-electron chi connectivity index (χ3n) is 3.09. The first-order valence-electron chi connectivity index (χ1n) is 5.59. The molecule has 0 aliphatic rings. The largest absolute Gasteiger partial charge is 0.380 e. The number of aromatic nitrogens is 3. The summed E-state index contributed by atoms with van der Waals surface area (Å²) >= 11 is 0. The van der Waals surface area contributed by atoms with Gasteiger partial charge in [-0.15, -0.1) is 0 Å². The fourth-order valence-electron chi connectivity index (χ4n) is 2.21. The lowest BCUT2D eigenvalue weighted by atomic mass is 10.1. The molecule has 0 fully saturated rings. The lowest BCUT2D eigenvalue weighted by Gasteiger charge is -2.11. The topological polar surface area (TPSA) is 53.8 Å². The molecule has 2 aromatic heterocycles. The maximum Gasteiger partial charge on any atom is 0.139 e. The van der Waals surface area contributed by atoms with Crippen LogP contribution in [0.1, 0.15) is 17.5 Å². The van der Waals surface area contributed by atoms with E-state index < -0.39 is 6.10 Å². The van der Waals surface area contributed by atoms with Crippen molar-refractivity contribution in [3.63, 3.8) is 0 Å². The highest BCUT2D eigenvalue weighted by Gasteiger charge is 2.18. The summed E-state index contributed by atoms with van der Waals surface area (Å²) in [4.78, 5) is 6.89. The number of aryl methyl sites for hydroxylation is 1. The Hall–Kier alpha value is -2.14. The number of H-pyrrole nitrogens is 1. The lowest BCUT2D eigenvalue weighted by Crippen LogP contribution is -2.04. The molecule has 5 heteroatoms. The zero-order chi connectivity index (χ0) is 12.7. The Kier molecular flexibility index (Phi) is 2.41. The van der Waals surface area contributed by atoms with E-state index in [-0.39, 0.29) is 5.82 Å². The SMILES string of the molecule is Cn1ccc2c(F)ccc([C@H](O)c3ncc[nH]3)c21. The van der Waals surface area contributed by atoms with Gasteiger partial charge in [0.15, 0.2) is 0 Å². The summed E-state index contributed by atoms with van der Waals surface area (Å²) < 4.78 is 15.5. The Bertz CT molecular complexity index is 688. The van der Waals surface area contributed by atoms with Crippen molar-refractivity contribution < 1.29 is 9.50 Å². The standard InChI is InChI=1S/C13H12FN3O/c1-17-7-4-8-10(14)3-2-9(11(8)17)12(18)13-15-5-6-16-13/h2-7,12,18H,1H3,(H,15,16)/t12-/m0/s1. The fourth-order valence-corrected chi connectivity index (χ4v) is 2.21. The molecular weight excluding hydrogens is 233 g/mol. The molecule has 0 radical (unpaired) electrons. The second kappa shape index (κ2) is 3.96. The predicted octanol–water partition coefficient (Wildman–Crippen LogP) is 2.12. The first-order valence-corrected chi connectivity index (χ1v) is 5.59. The Balaban J connectivity index is 2.23. The minimum atomic E-state index is -0.892. The van der Waals surface area contributed by atoms with Gasteiger partial charge in [-0.05, 0) is 12.1 Å². The summed E-state index contributed by atoms with van der Waals surface area (Å²) in [5, 5.41) is 10.8. The van der Waals surface area contributed by atoms with Gasteiger partial charge >= 0.3 is 0 Å². The number of hydrogen-bond acceptors (Lipinski definition) is 2. The third kappa shape index (κ3) is 1.52. The molecule has 18 heavy (non-hydrogen) atoms. The summed E-state index contributed by atoms with van der Waals surface area (Å²) in [7, 11) is 1.82. The first-order chi connectivity index (χ1) is 8.68. The van der Waals surface area contributed by atoms with Crippen LogP contribution in [0.2, 0.25) is 0 Å². The minimum absolute atomic E-state index is 0.291. The number of nitrogens with zero attached hydrogens (tertiary/aromatic N) is 2. The van der Waals surface area contributed by atoms with Crippen molar-refractivity contribution >= 4 is 10.9 Å². The molecular formula is C13H12FN3O. The number of imidazole rings is 1. The van der Waals surface area contributed by atoms with Crippen LogP contribution < -0.4 is 0 Å². The number of halogens is 1. The number of aliphatic hydroxyl groups is 1. The number of fused-ring (bicyclic) bond motifs is 1. The monoisotopic (exact) mass is 245 g/mol. The minimum Gasteiger partial charge on any atom is -0.380 e. The van der Waals surface area contributed by atoms with Crippen LogP contribution in [0.25, 0.3) is 10.9 Å². The van der Waals surface area contributed by atoms with E-state index in [4.69, 9.17) is 0 Å². The average molecular weight is 245 g/mol. The van der Waals surface area contributed by atoms with Gasteiger partial charge in [-0.2, -0.15) is 0 Å². The quantitative estimate of drug-likeness (QED) is 0.726. The predicted molar refractivity (Wildman–Crippen MR) is 65.5 cm³/mol. The van der Waals surface area contributed by atoms with Crippen molar-refractivity contribution in [1.29, 1.82) is 0 Å². The van der Waals surface area contributed by atoms with Gasteiger partial charge in [0.25, 0.3) is 0 Å². The van der Waals surface area contributed by atoms with E-state index in [1.165, 1.54) is 6.07 Å². The number of hydrogen-bond donors (Lipinski definition) is 2. The lowest BCUT2D eigenvalue weighted by molar-refractivity contribution is 0.212. The van der Waals surface area contributed by atoms with Gasteiger partial charge in [-0.1, -0.05) is 6.07 Å². The zero-order valence-electron chi connectivity index (χ0n) is 9.76. The highest BCUT2D eigenvalue weighted by Crippen LogP contribution is 2.29. The molecule has 2 heterocycles. The van der Waals surface area contributed by atoms with E-state index >= 15 is 0 Å². The van der Waals surface area contributed by atoms with Crippen LogP contribution in [0.4, 0.5) is 4.39 Å². The van der Waals surface area contributed by atoms with E-state index in [1.807, 2.05) is 7.05 Å². The number of rotatable bonds is 2. The van der Waals surface area contributed by atoms with Gasteiger partial charge in [0, 0.05) is 36.6 Å². The molecule has 0 saturated carbocycles. The molecule has 92 valence electrons. The van der Waals surface area contributed by atoms with Crippen molar-refractivity contribution in [3.05, 3.63) is 54.0 Å². The first kappa shape index (κ1) is 11.0. The van der Waals surface area contributed by atoms with E-state index in [1.54, 1.807) is 35.3 Å². The Morgan fingerprint density at radius 1 is 1.39 bits per heavy atom. The molecule has 0 aliphatic carbocycles. The molecule has 4 nitrogen and oxygen atoms in total. The number of aromatic amines is 1. The Labute approximate surface area is 103 Å². The Morgan fingerprint density at radius 2 is 2.22 bits per heavy atom. The Morgan fingerprint density at radius 3 is 2.94 bits per heavy atom. The van der Waals surface area contributed by atoms with Gasteiger partial charge in [0.2, 0.25) is 0 Å². The highest BCUT2D eigenvalue weighted by molar-refractivity contribution is 5.84. The molecule has 1 atom stereocenters. The summed E-state index contributed by atoms with van der Waals surface area (Å²) in [6.07, 6.45) is 4.09. The smallest absolute Gasteiger partial charge is 0.139 e. The van der Waals surface area contributed by atoms with Crippen molar-refractivity contribution in [2.75, 3.05) is 0 Å². The van der Waals surface area contributed by atoms with Gasteiger partial charge in [-0.25, -0.2) is 9.37 Å². The second-order valence-electron chi connectivity index (χ2n) is 4.20. The summed E-state index contributed by atoms with van der Waals surface area (Å²) in [6.45, 7) is 0. The molecule has 0 aliphatic heterocycles. The normalized spacial score (nSPS) is 13.1.